The Morgan fingerprint density at radius 3 is 2.79 bits per heavy atom. The van der Waals surface area contributed by atoms with Gasteiger partial charge in [-0.3, -0.25) is 0 Å². The third-order valence-electron chi connectivity index (χ3n) is 3.42. The number of hydrogen-bond acceptors (Lipinski definition) is 3. The molecule has 0 bridgehead atoms. The molecule has 0 spiro atoms. The highest BCUT2D eigenvalue weighted by Crippen LogP contribution is 2.32. The van der Waals surface area contributed by atoms with Crippen LogP contribution in [0.5, 0.6) is 0 Å². The van der Waals surface area contributed by atoms with E-state index in [0.29, 0.717) is 13.0 Å². The van der Waals surface area contributed by atoms with E-state index in [2.05, 4.69) is 5.32 Å². The fraction of sp³-hybridized carbons (Fsp3) is 1.00. The summed E-state index contributed by atoms with van der Waals surface area (Å²) in [4.78, 5) is 1.91. The van der Waals surface area contributed by atoms with Gasteiger partial charge in [0, 0.05) is 32.8 Å². The highest BCUT2D eigenvalue weighted by atomic mass is 19.4. The normalized spacial score (nSPS) is 21.8. The molecule has 19 heavy (non-hydrogen) atoms. The average Bonchev–Trinajstić information content (AvgIpc) is 2.37. The third-order valence-corrected chi connectivity index (χ3v) is 3.42. The molecule has 0 saturated carbocycles. The molecule has 0 aromatic carbocycles. The molecule has 1 heterocycles. The molecule has 6 heteroatoms. The average molecular weight is 282 g/mol. The lowest BCUT2D eigenvalue weighted by Crippen LogP contribution is -2.44. The Morgan fingerprint density at radius 2 is 2.11 bits per heavy atom. The minimum Gasteiger partial charge on any atom is -0.382 e. The molecule has 0 aromatic heterocycles. The molecule has 1 unspecified atom stereocenters. The molecule has 114 valence electrons. The van der Waals surface area contributed by atoms with E-state index in [0.717, 1.165) is 39.3 Å². The largest absolute Gasteiger partial charge is 0.393 e. The predicted molar refractivity (Wildman–Crippen MR) is 69.2 cm³/mol. The summed E-state index contributed by atoms with van der Waals surface area (Å²) in [5, 5.41) is 3.24. The van der Waals surface area contributed by atoms with E-state index in [1.165, 1.54) is 0 Å². The van der Waals surface area contributed by atoms with Crippen molar-refractivity contribution < 1.29 is 17.9 Å². The molecular weight excluding hydrogens is 257 g/mol. The van der Waals surface area contributed by atoms with Crippen molar-refractivity contribution in [2.45, 2.75) is 32.4 Å². The summed E-state index contributed by atoms with van der Waals surface area (Å²) in [5.41, 5.74) is 0. The van der Waals surface area contributed by atoms with Gasteiger partial charge in [0.2, 0.25) is 0 Å². The zero-order valence-corrected chi connectivity index (χ0v) is 11.6. The molecule has 1 atom stereocenters. The van der Waals surface area contributed by atoms with Gasteiger partial charge >= 0.3 is 6.18 Å². The Bertz CT molecular complexity index is 236. The summed E-state index contributed by atoms with van der Waals surface area (Å²) < 4.78 is 43.1. The first kappa shape index (κ1) is 16.7. The van der Waals surface area contributed by atoms with Crippen molar-refractivity contribution >= 4 is 0 Å². The van der Waals surface area contributed by atoms with Crippen LogP contribution in [0.3, 0.4) is 0 Å². The summed E-state index contributed by atoms with van der Waals surface area (Å²) in [6.45, 7) is 6.67. The van der Waals surface area contributed by atoms with Crippen molar-refractivity contribution in [2.75, 3.05) is 45.9 Å². The van der Waals surface area contributed by atoms with Crippen LogP contribution in [0.1, 0.15) is 26.2 Å². The van der Waals surface area contributed by atoms with Gasteiger partial charge in [-0.05, 0) is 39.3 Å². The molecule has 1 aliphatic heterocycles. The van der Waals surface area contributed by atoms with E-state index in [1.54, 1.807) is 0 Å². The molecule has 0 aromatic rings. The van der Waals surface area contributed by atoms with Crippen molar-refractivity contribution in [3.05, 3.63) is 0 Å². The molecule has 0 radical (unpaired) electrons. The fourth-order valence-electron chi connectivity index (χ4n) is 2.33. The van der Waals surface area contributed by atoms with Crippen LogP contribution in [0.15, 0.2) is 0 Å². The summed E-state index contributed by atoms with van der Waals surface area (Å²) >= 11 is 0. The maximum Gasteiger partial charge on any atom is 0.393 e. The topological polar surface area (TPSA) is 24.5 Å². The van der Waals surface area contributed by atoms with Crippen molar-refractivity contribution in [3.63, 3.8) is 0 Å². The quantitative estimate of drug-likeness (QED) is 0.691. The van der Waals surface area contributed by atoms with Gasteiger partial charge in [-0.15, -0.1) is 0 Å². The summed E-state index contributed by atoms with van der Waals surface area (Å²) in [6.07, 6.45) is -2.17. The molecular formula is C13H25F3N2O. The summed E-state index contributed by atoms with van der Waals surface area (Å²) in [6, 6.07) is 0. The fourth-order valence-corrected chi connectivity index (χ4v) is 2.33. The first-order chi connectivity index (χ1) is 9.04. The van der Waals surface area contributed by atoms with Crippen LogP contribution < -0.4 is 5.32 Å². The first-order valence-corrected chi connectivity index (χ1v) is 7.11. The summed E-state index contributed by atoms with van der Waals surface area (Å²) in [5.74, 6) is -1.14. The number of halogens is 3. The Morgan fingerprint density at radius 1 is 1.32 bits per heavy atom. The van der Waals surface area contributed by atoms with Crippen molar-refractivity contribution in [1.29, 1.82) is 0 Å². The second-order valence-electron chi connectivity index (χ2n) is 4.98. The predicted octanol–water partition coefficient (Wildman–Crippen LogP) is 2.28. The number of piperidine rings is 1. The Labute approximate surface area is 113 Å². The first-order valence-electron chi connectivity index (χ1n) is 7.11. The van der Waals surface area contributed by atoms with Crippen molar-refractivity contribution in [1.82, 2.24) is 10.2 Å². The molecule has 0 amide bonds. The van der Waals surface area contributed by atoms with Gasteiger partial charge in [-0.25, -0.2) is 0 Å². The smallest absolute Gasteiger partial charge is 0.382 e. The van der Waals surface area contributed by atoms with E-state index < -0.39 is 12.1 Å². The van der Waals surface area contributed by atoms with Gasteiger partial charge in [0.1, 0.15) is 0 Å². The number of hydrogen-bond donors (Lipinski definition) is 1. The molecule has 1 fully saturated rings. The van der Waals surface area contributed by atoms with Crippen LogP contribution >= 0.6 is 0 Å². The SMILES string of the molecule is CCOCCCNCCN1CCCC(C(F)(F)F)C1. The Kier molecular flexibility index (Phi) is 7.71. The maximum atomic E-state index is 12.6. The van der Waals surface area contributed by atoms with Gasteiger partial charge in [0.15, 0.2) is 0 Å². The molecule has 1 N–H and O–H groups in total. The molecule has 0 aliphatic carbocycles. The number of ether oxygens (including phenoxy) is 1. The van der Waals surface area contributed by atoms with E-state index in [4.69, 9.17) is 4.74 Å². The van der Waals surface area contributed by atoms with Crippen molar-refractivity contribution in [3.8, 4) is 0 Å². The number of nitrogens with zero attached hydrogens (tertiary/aromatic N) is 1. The molecule has 1 aliphatic rings. The second-order valence-corrected chi connectivity index (χ2v) is 4.98. The number of rotatable bonds is 8. The minimum absolute atomic E-state index is 0.157. The molecule has 3 nitrogen and oxygen atoms in total. The van der Waals surface area contributed by atoms with Gasteiger partial charge in [0.05, 0.1) is 5.92 Å². The zero-order valence-electron chi connectivity index (χ0n) is 11.6. The van der Waals surface area contributed by atoms with Gasteiger partial charge in [-0.2, -0.15) is 13.2 Å². The van der Waals surface area contributed by atoms with Gasteiger partial charge in [-0.1, -0.05) is 0 Å². The van der Waals surface area contributed by atoms with E-state index >= 15 is 0 Å². The van der Waals surface area contributed by atoms with Gasteiger partial charge in [0.25, 0.3) is 0 Å². The van der Waals surface area contributed by atoms with E-state index in [9.17, 15) is 13.2 Å². The van der Waals surface area contributed by atoms with Crippen LogP contribution in [-0.4, -0.2) is 57.0 Å². The highest BCUT2D eigenvalue weighted by Gasteiger charge is 2.41. The minimum atomic E-state index is -4.04. The molecule has 1 rings (SSSR count). The zero-order chi connectivity index (χ0) is 14.1. The van der Waals surface area contributed by atoms with Crippen LogP contribution in [-0.2, 0) is 4.74 Å². The monoisotopic (exact) mass is 282 g/mol. The molecule has 1 saturated heterocycles. The Balaban J connectivity index is 2.06. The van der Waals surface area contributed by atoms with Crippen LogP contribution in [0, 0.1) is 5.92 Å². The van der Waals surface area contributed by atoms with Crippen LogP contribution in [0.4, 0.5) is 13.2 Å². The third kappa shape index (κ3) is 7.13. The lowest BCUT2D eigenvalue weighted by Gasteiger charge is -2.33. The lowest BCUT2D eigenvalue weighted by atomic mass is 9.97. The number of nitrogens with one attached hydrogen (secondary N) is 1. The van der Waals surface area contributed by atoms with Gasteiger partial charge < -0.3 is 15.0 Å². The standard InChI is InChI=1S/C13H25F3N2O/c1-2-19-10-4-6-17-7-9-18-8-3-5-12(11-18)13(14,15)16/h12,17H,2-11H2,1H3. The Hall–Kier alpha value is -0.330. The van der Waals surface area contributed by atoms with Crippen LogP contribution in [0.25, 0.3) is 0 Å². The van der Waals surface area contributed by atoms with Crippen molar-refractivity contribution in [2.24, 2.45) is 5.92 Å². The summed E-state index contributed by atoms with van der Waals surface area (Å²) in [7, 11) is 0. The second kappa shape index (κ2) is 8.76. The van der Waals surface area contributed by atoms with Crippen LogP contribution in [0.2, 0.25) is 0 Å². The van der Waals surface area contributed by atoms with E-state index in [-0.39, 0.29) is 13.0 Å². The highest BCUT2D eigenvalue weighted by molar-refractivity contribution is 4.78. The number of likely N-dealkylation sites (tertiary alicyclic amines) is 1. The van der Waals surface area contributed by atoms with E-state index in [1.807, 2.05) is 11.8 Å². The lowest BCUT2D eigenvalue weighted by molar-refractivity contribution is -0.186. The number of alkyl halides is 3. The maximum absolute atomic E-state index is 12.6.